The van der Waals surface area contributed by atoms with Gasteiger partial charge in [-0.3, -0.25) is 4.79 Å². The predicted molar refractivity (Wildman–Crippen MR) is 128 cm³/mol. The molecule has 2 N–H and O–H groups in total. The van der Waals surface area contributed by atoms with Crippen LogP contribution in [0, 0.1) is 0 Å². The number of anilines is 1. The minimum Gasteiger partial charge on any atom is -0.371 e. The van der Waals surface area contributed by atoms with Crippen LogP contribution in [0.1, 0.15) is 35.2 Å². The van der Waals surface area contributed by atoms with Crippen LogP contribution in [-0.4, -0.2) is 57.3 Å². The molecule has 0 aliphatic carbocycles. The number of benzene rings is 2. The van der Waals surface area contributed by atoms with Crippen LogP contribution in [-0.2, 0) is 16.4 Å². The number of para-hydroxylation sites is 1. The van der Waals surface area contributed by atoms with Crippen LogP contribution < -0.4 is 10.2 Å². The van der Waals surface area contributed by atoms with Crippen molar-refractivity contribution in [3.8, 4) is 0 Å². The van der Waals surface area contributed by atoms with Gasteiger partial charge in [0, 0.05) is 56.5 Å². The first-order chi connectivity index (χ1) is 15.4. The van der Waals surface area contributed by atoms with Gasteiger partial charge in [-0.15, -0.1) is 0 Å². The van der Waals surface area contributed by atoms with Crippen molar-refractivity contribution in [3.63, 3.8) is 0 Å². The summed E-state index contributed by atoms with van der Waals surface area (Å²) in [5.41, 5.74) is 3.42. The Kier molecular flexibility index (Phi) is 6.53. The van der Waals surface area contributed by atoms with Gasteiger partial charge in [-0.1, -0.05) is 18.2 Å². The van der Waals surface area contributed by atoms with Gasteiger partial charge in [0.2, 0.25) is 10.0 Å². The summed E-state index contributed by atoms with van der Waals surface area (Å²) in [5, 5.41) is 4.15. The first kappa shape index (κ1) is 22.4. The number of piperidine rings is 1. The molecule has 2 heterocycles. The second-order valence-electron chi connectivity index (χ2n) is 8.38. The summed E-state index contributed by atoms with van der Waals surface area (Å²) in [7, 11) is -0.640. The minimum absolute atomic E-state index is 0.130. The third-order valence-electron chi connectivity index (χ3n) is 6.04. The zero-order valence-electron chi connectivity index (χ0n) is 18.6. The molecule has 1 fully saturated rings. The van der Waals surface area contributed by atoms with Crippen LogP contribution >= 0.6 is 0 Å². The number of carbonyl (C=O) groups excluding carboxylic acids is 1. The molecule has 8 heteroatoms. The monoisotopic (exact) mass is 454 g/mol. The van der Waals surface area contributed by atoms with Gasteiger partial charge >= 0.3 is 0 Å². The van der Waals surface area contributed by atoms with Crippen molar-refractivity contribution in [1.82, 2.24) is 14.6 Å². The van der Waals surface area contributed by atoms with Gasteiger partial charge in [0.25, 0.3) is 5.91 Å². The van der Waals surface area contributed by atoms with Gasteiger partial charge in [-0.25, -0.2) is 12.7 Å². The Hall–Kier alpha value is -2.84. The molecule has 0 unspecified atom stereocenters. The van der Waals surface area contributed by atoms with Crippen LogP contribution in [0.25, 0.3) is 10.9 Å². The molecule has 170 valence electrons. The summed E-state index contributed by atoms with van der Waals surface area (Å²) >= 11 is 0. The van der Waals surface area contributed by atoms with Gasteiger partial charge in [0.15, 0.2) is 0 Å². The number of nitrogens with zero attached hydrogens (tertiary/aromatic N) is 2. The lowest BCUT2D eigenvalue weighted by atomic mass is 10.1. The summed E-state index contributed by atoms with van der Waals surface area (Å²) in [4.78, 5) is 18.8. The highest BCUT2D eigenvalue weighted by molar-refractivity contribution is 7.89. The van der Waals surface area contributed by atoms with E-state index in [1.54, 1.807) is 12.1 Å². The molecule has 0 saturated carbocycles. The van der Waals surface area contributed by atoms with E-state index in [1.807, 2.05) is 24.4 Å². The molecule has 7 nitrogen and oxygen atoms in total. The molecule has 32 heavy (non-hydrogen) atoms. The Labute approximate surface area is 189 Å². The Morgan fingerprint density at radius 1 is 1.09 bits per heavy atom. The summed E-state index contributed by atoms with van der Waals surface area (Å²) in [6.45, 7) is 2.20. The van der Waals surface area contributed by atoms with Crippen LogP contribution in [0.5, 0.6) is 0 Å². The average molecular weight is 455 g/mol. The first-order valence-electron chi connectivity index (χ1n) is 11.0. The molecule has 1 aliphatic heterocycles. The van der Waals surface area contributed by atoms with E-state index >= 15 is 0 Å². The lowest BCUT2D eigenvalue weighted by Gasteiger charge is -2.30. The standard InChI is InChI=1S/C24H30N4O3S/c1-27(2)32(30,31)19-10-11-23(28-14-6-3-7-15-28)21(16-19)24(29)25-13-12-18-17-26-22-9-5-4-8-20(18)22/h4-5,8-11,16-17,26H,3,6-7,12-15H2,1-2H3,(H,25,29). The number of amides is 1. The normalized spacial score (nSPS) is 14.8. The van der Waals surface area contributed by atoms with E-state index in [2.05, 4.69) is 21.3 Å². The average Bonchev–Trinajstić information content (AvgIpc) is 3.22. The number of hydrogen-bond donors (Lipinski definition) is 2. The Bertz CT molecular complexity index is 1210. The minimum atomic E-state index is -3.63. The lowest BCUT2D eigenvalue weighted by molar-refractivity contribution is 0.0954. The SMILES string of the molecule is CN(C)S(=O)(=O)c1ccc(N2CCCCC2)c(C(=O)NCCc2c[nH]c3ccccc23)c1. The van der Waals surface area contributed by atoms with Crippen molar-refractivity contribution in [1.29, 1.82) is 0 Å². The Balaban J connectivity index is 1.56. The second-order valence-corrected chi connectivity index (χ2v) is 10.5. The van der Waals surface area contributed by atoms with Crippen LogP contribution in [0.15, 0.2) is 53.6 Å². The van der Waals surface area contributed by atoms with Crippen LogP contribution in [0.3, 0.4) is 0 Å². The number of sulfonamides is 1. The highest BCUT2D eigenvalue weighted by atomic mass is 32.2. The number of H-pyrrole nitrogens is 1. The maximum Gasteiger partial charge on any atom is 0.253 e. The van der Waals surface area contributed by atoms with E-state index in [1.165, 1.54) is 30.9 Å². The van der Waals surface area contributed by atoms with Crippen molar-refractivity contribution < 1.29 is 13.2 Å². The Morgan fingerprint density at radius 2 is 1.84 bits per heavy atom. The molecule has 1 aliphatic rings. The van der Waals surface area contributed by atoms with Gasteiger partial charge in [-0.05, 0) is 55.5 Å². The van der Waals surface area contributed by atoms with E-state index in [4.69, 9.17) is 0 Å². The van der Waals surface area contributed by atoms with Gasteiger partial charge < -0.3 is 15.2 Å². The number of rotatable bonds is 7. The van der Waals surface area contributed by atoms with E-state index in [-0.39, 0.29) is 10.8 Å². The van der Waals surface area contributed by atoms with Gasteiger partial charge in [0.05, 0.1) is 10.5 Å². The maximum atomic E-state index is 13.2. The molecule has 0 bridgehead atoms. The number of nitrogens with one attached hydrogen (secondary N) is 2. The molecule has 4 rings (SSSR count). The van der Waals surface area contributed by atoms with Crippen molar-refractivity contribution in [2.75, 3.05) is 38.6 Å². The quantitative estimate of drug-likeness (QED) is 0.573. The van der Waals surface area contributed by atoms with Crippen LogP contribution in [0.2, 0.25) is 0 Å². The molecule has 1 amide bonds. The third kappa shape index (κ3) is 4.52. The second kappa shape index (κ2) is 9.34. The zero-order chi connectivity index (χ0) is 22.7. The highest BCUT2D eigenvalue weighted by Gasteiger charge is 2.24. The molecule has 2 aromatic carbocycles. The summed E-state index contributed by atoms with van der Waals surface area (Å²) in [6.07, 6.45) is 5.97. The van der Waals surface area contributed by atoms with Gasteiger partial charge in [-0.2, -0.15) is 0 Å². The topological polar surface area (TPSA) is 85.5 Å². The van der Waals surface area contributed by atoms with E-state index in [0.29, 0.717) is 18.5 Å². The molecule has 0 atom stereocenters. The van der Waals surface area contributed by atoms with Crippen molar-refractivity contribution >= 4 is 32.5 Å². The largest absolute Gasteiger partial charge is 0.371 e. The summed E-state index contributed by atoms with van der Waals surface area (Å²) < 4.78 is 26.5. The number of aromatic nitrogens is 1. The summed E-state index contributed by atoms with van der Waals surface area (Å²) in [5.74, 6) is -0.249. The van der Waals surface area contributed by atoms with E-state index in [0.717, 1.165) is 48.1 Å². The van der Waals surface area contributed by atoms with E-state index < -0.39 is 10.0 Å². The number of carbonyl (C=O) groups is 1. The lowest BCUT2D eigenvalue weighted by Crippen LogP contribution is -2.33. The fourth-order valence-electron chi connectivity index (χ4n) is 4.22. The molecule has 0 radical (unpaired) electrons. The van der Waals surface area contributed by atoms with Crippen molar-refractivity contribution in [2.24, 2.45) is 0 Å². The molecule has 1 aromatic heterocycles. The molecular weight excluding hydrogens is 424 g/mol. The smallest absolute Gasteiger partial charge is 0.253 e. The molecule has 1 saturated heterocycles. The Morgan fingerprint density at radius 3 is 2.59 bits per heavy atom. The van der Waals surface area contributed by atoms with E-state index in [9.17, 15) is 13.2 Å². The first-order valence-corrected chi connectivity index (χ1v) is 12.5. The predicted octanol–water partition coefficient (Wildman–Crippen LogP) is 3.38. The maximum absolute atomic E-state index is 13.2. The van der Waals surface area contributed by atoms with Crippen molar-refractivity contribution in [2.45, 2.75) is 30.6 Å². The number of fused-ring (bicyclic) bond motifs is 1. The number of aromatic amines is 1. The number of hydrogen-bond acceptors (Lipinski definition) is 4. The third-order valence-corrected chi connectivity index (χ3v) is 7.85. The fraction of sp³-hybridized carbons (Fsp3) is 0.375. The summed E-state index contributed by atoms with van der Waals surface area (Å²) in [6, 6.07) is 13.0. The fourth-order valence-corrected chi connectivity index (χ4v) is 5.15. The molecule has 3 aromatic rings. The van der Waals surface area contributed by atoms with Gasteiger partial charge in [0.1, 0.15) is 0 Å². The highest BCUT2D eigenvalue weighted by Crippen LogP contribution is 2.28. The van der Waals surface area contributed by atoms with Crippen molar-refractivity contribution in [3.05, 3.63) is 59.8 Å². The van der Waals surface area contributed by atoms with Crippen LogP contribution in [0.4, 0.5) is 5.69 Å². The molecule has 0 spiro atoms. The molecular formula is C24H30N4O3S. The zero-order valence-corrected chi connectivity index (χ0v) is 19.4.